The molecule has 4 aromatic carbocycles. The molecule has 4 aromatic rings. The predicted octanol–water partition coefficient (Wildman–Crippen LogP) is 7.01. The van der Waals surface area contributed by atoms with Gasteiger partial charge in [0.1, 0.15) is 0 Å². The second kappa shape index (κ2) is 15.0. The average Bonchev–Trinajstić information content (AvgIpc) is 2.94. The highest BCUT2D eigenvalue weighted by Gasteiger charge is 2.03. The van der Waals surface area contributed by atoms with E-state index >= 15 is 0 Å². The standard InChI is InChI=1S/C29H25N.2CH4O/c1-30(28-20-16-26(17-21-28)14-12-24-8-4-2-5-9-24)29-22-18-27(19-23-29)15-13-25-10-6-3-7-11-25;2*1-2/h2-23H,1H3;2*2H,1H3. The van der Waals surface area contributed by atoms with Gasteiger partial charge in [0.15, 0.2) is 0 Å². The number of hydrogen-bond acceptors (Lipinski definition) is 3. The lowest BCUT2D eigenvalue weighted by molar-refractivity contribution is 0.399. The Morgan fingerprint density at radius 1 is 0.412 bits per heavy atom. The normalized spacial score (nSPS) is 10.3. The molecule has 0 radical (unpaired) electrons. The molecule has 0 aliphatic carbocycles. The van der Waals surface area contributed by atoms with Gasteiger partial charge in [-0.15, -0.1) is 0 Å². The first-order valence-electron chi connectivity index (χ1n) is 11.1. The quantitative estimate of drug-likeness (QED) is 0.310. The number of aliphatic hydroxyl groups excluding tert-OH is 2. The van der Waals surface area contributed by atoms with Gasteiger partial charge in [-0.3, -0.25) is 0 Å². The maximum absolute atomic E-state index is 7.00. The third kappa shape index (κ3) is 8.21. The highest BCUT2D eigenvalue weighted by Crippen LogP contribution is 2.25. The topological polar surface area (TPSA) is 43.7 Å². The van der Waals surface area contributed by atoms with E-state index in [-0.39, 0.29) is 0 Å². The van der Waals surface area contributed by atoms with Crippen molar-refractivity contribution in [3.63, 3.8) is 0 Å². The Morgan fingerprint density at radius 2 is 0.676 bits per heavy atom. The molecule has 0 unspecified atom stereocenters. The van der Waals surface area contributed by atoms with E-state index in [0.29, 0.717) is 0 Å². The SMILES string of the molecule is CN(c1ccc(C=Cc2ccccc2)cc1)c1ccc(C=Cc2ccccc2)cc1.CO.CO. The minimum Gasteiger partial charge on any atom is -0.400 e. The molecule has 0 bridgehead atoms. The molecule has 0 amide bonds. The van der Waals surface area contributed by atoms with Gasteiger partial charge >= 0.3 is 0 Å². The Labute approximate surface area is 203 Å². The summed E-state index contributed by atoms with van der Waals surface area (Å²) in [5, 5.41) is 14.0. The van der Waals surface area contributed by atoms with Gasteiger partial charge in [-0.05, 0) is 46.5 Å². The molecule has 0 atom stereocenters. The van der Waals surface area contributed by atoms with Crippen LogP contribution in [0, 0.1) is 0 Å². The lowest BCUT2D eigenvalue weighted by Gasteiger charge is -2.19. The molecule has 4 rings (SSSR count). The van der Waals surface area contributed by atoms with Crippen molar-refractivity contribution in [3.05, 3.63) is 131 Å². The van der Waals surface area contributed by atoms with Gasteiger partial charge in [0.25, 0.3) is 0 Å². The number of benzene rings is 4. The van der Waals surface area contributed by atoms with Crippen LogP contribution in [0.1, 0.15) is 22.3 Å². The number of anilines is 2. The molecule has 0 spiro atoms. The Hall–Kier alpha value is -3.92. The van der Waals surface area contributed by atoms with Gasteiger partial charge < -0.3 is 15.1 Å². The molecule has 0 aliphatic heterocycles. The second-order valence-electron chi connectivity index (χ2n) is 7.23. The number of rotatable bonds is 6. The Bertz CT molecular complexity index is 1020. The van der Waals surface area contributed by atoms with Crippen molar-refractivity contribution in [1.82, 2.24) is 0 Å². The fourth-order valence-corrected chi connectivity index (χ4v) is 3.28. The molecule has 0 fully saturated rings. The third-order valence-corrected chi connectivity index (χ3v) is 5.10. The predicted molar refractivity (Wildman–Crippen MR) is 148 cm³/mol. The zero-order chi connectivity index (χ0) is 24.6. The Kier molecular flexibility index (Phi) is 11.6. The van der Waals surface area contributed by atoms with Crippen molar-refractivity contribution >= 4 is 35.7 Å². The van der Waals surface area contributed by atoms with Crippen LogP contribution < -0.4 is 4.90 Å². The lowest BCUT2D eigenvalue weighted by Crippen LogP contribution is -2.08. The Morgan fingerprint density at radius 3 is 0.971 bits per heavy atom. The minimum absolute atomic E-state index is 1.00. The number of aliphatic hydroxyl groups is 2. The molecule has 0 aliphatic rings. The van der Waals surface area contributed by atoms with Crippen LogP contribution in [-0.4, -0.2) is 31.5 Å². The number of hydrogen-bond donors (Lipinski definition) is 2. The molecule has 174 valence electrons. The van der Waals surface area contributed by atoms with Crippen molar-refractivity contribution in [2.24, 2.45) is 0 Å². The van der Waals surface area contributed by atoms with Crippen LogP contribution in [-0.2, 0) is 0 Å². The summed E-state index contributed by atoms with van der Waals surface area (Å²) in [7, 11) is 4.10. The summed E-state index contributed by atoms with van der Waals surface area (Å²) in [5.74, 6) is 0. The molecule has 3 heteroatoms. The first-order valence-corrected chi connectivity index (χ1v) is 11.1. The molecular weight excluding hydrogens is 418 g/mol. The maximum atomic E-state index is 7.00. The molecule has 34 heavy (non-hydrogen) atoms. The zero-order valence-electron chi connectivity index (χ0n) is 20.0. The van der Waals surface area contributed by atoms with E-state index in [1.807, 2.05) is 12.1 Å². The Balaban J connectivity index is 0.000000970. The van der Waals surface area contributed by atoms with Crippen LogP contribution in [0.25, 0.3) is 24.3 Å². The van der Waals surface area contributed by atoms with Crippen LogP contribution in [0.4, 0.5) is 11.4 Å². The molecule has 0 saturated heterocycles. The van der Waals surface area contributed by atoms with Gasteiger partial charge in [0.05, 0.1) is 0 Å². The first kappa shape index (κ1) is 26.3. The molecular formula is C31H33NO2. The van der Waals surface area contributed by atoms with Crippen molar-refractivity contribution in [1.29, 1.82) is 0 Å². The monoisotopic (exact) mass is 451 g/mol. The summed E-state index contributed by atoms with van der Waals surface area (Å²) >= 11 is 0. The fraction of sp³-hybridized carbons (Fsp3) is 0.0968. The second-order valence-corrected chi connectivity index (χ2v) is 7.23. The summed E-state index contributed by atoms with van der Waals surface area (Å²) in [5.41, 5.74) is 7.13. The van der Waals surface area contributed by atoms with Gasteiger partial charge in [0.2, 0.25) is 0 Å². The summed E-state index contributed by atoms with van der Waals surface area (Å²) in [6.45, 7) is 0. The average molecular weight is 452 g/mol. The zero-order valence-corrected chi connectivity index (χ0v) is 20.0. The van der Waals surface area contributed by atoms with Crippen LogP contribution in [0.3, 0.4) is 0 Å². The van der Waals surface area contributed by atoms with Crippen LogP contribution in [0.15, 0.2) is 109 Å². The maximum Gasteiger partial charge on any atom is 0.0408 e. The molecule has 2 N–H and O–H groups in total. The summed E-state index contributed by atoms with van der Waals surface area (Å²) in [4.78, 5) is 2.20. The summed E-state index contributed by atoms with van der Waals surface area (Å²) in [6.07, 6.45) is 8.57. The van der Waals surface area contributed by atoms with E-state index in [1.54, 1.807) is 0 Å². The van der Waals surface area contributed by atoms with Crippen molar-refractivity contribution < 1.29 is 10.2 Å². The van der Waals surface area contributed by atoms with Crippen LogP contribution in [0.5, 0.6) is 0 Å². The molecule has 3 nitrogen and oxygen atoms in total. The van der Waals surface area contributed by atoms with Gasteiger partial charge in [-0.2, -0.15) is 0 Å². The van der Waals surface area contributed by atoms with Gasteiger partial charge in [-0.1, -0.05) is 109 Å². The van der Waals surface area contributed by atoms with E-state index in [2.05, 4.69) is 133 Å². The molecule has 0 aromatic heterocycles. The molecule has 0 saturated carbocycles. The fourth-order valence-electron chi connectivity index (χ4n) is 3.28. The third-order valence-electron chi connectivity index (χ3n) is 5.10. The van der Waals surface area contributed by atoms with Gasteiger partial charge in [0, 0.05) is 32.6 Å². The van der Waals surface area contributed by atoms with E-state index in [0.717, 1.165) is 14.2 Å². The number of nitrogens with zero attached hydrogens (tertiary/aromatic N) is 1. The molecule has 0 heterocycles. The van der Waals surface area contributed by atoms with E-state index in [4.69, 9.17) is 10.2 Å². The highest BCUT2D eigenvalue weighted by molar-refractivity contribution is 5.73. The smallest absolute Gasteiger partial charge is 0.0408 e. The summed E-state index contributed by atoms with van der Waals surface area (Å²) < 4.78 is 0. The lowest BCUT2D eigenvalue weighted by atomic mass is 10.1. The van der Waals surface area contributed by atoms with Crippen molar-refractivity contribution in [2.75, 3.05) is 26.2 Å². The summed E-state index contributed by atoms with van der Waals surface area (Å²) in [6, 6.07) is 38.0. The van der Waals surface area contributed by atoms with Crippen LogP contribution in [0.2, 0.25) is 0 Å². The van der Waals surface area contributed by atoms with Crippen molar-refractivity contribution in [2.45, 2.75) is 0 Å². The largest absolute Gasteiger partial charge is 0.400 e. The minimum atomic E-state index is 1.00. The highest BCUT2D eigenvalue weighted by atomic mass is 16.2. The van der Waals surface area contributed by atoms with E-state index in [1.165, 1.54) is 33.6 Å². The van der Waals surface area contributed by atoms with E-state index in [9.17, 15) is 0 Å². The van der Waals surface area contributed by atoms with Gasteiger partial charge in [-0.25, -0.2) is 0 Å². The van der Waals surface area contributed by atoms with E-state index < -0.39 is 0 Å². The first-order chi connectivity index (χ1) is 16.8. The van der Waals surface area contributed by atoms with Crippen LogP contribution >= 0.6 is 0 Å². The van der Waals surface area contributed by atoms with Crippen molar-refractivity contribution in [3.8, 4) is 0 Å².